The van der Waals surface area contributed by atoms with Gasteiger partial charge < -0.3 is 15.4 Å². The maximum absolute atomic E-state index is 5.33. The van der Waals surface area contributed by atoms with Gasteiger partial charge in [0.1, 0.15) is 11.6 Å². The van der Waals surface area contributed by atoms with Gasteiger partial charge in [0, 0.05) is 38.4 Å². The van der Waals surface area contributed by atoms with Gasteiger partial charge >= 0.3 is 0 Å². The zero-order valence-corrected chi connectivity index (χ0v) is 10.3. The highest BCUT2D eigenvalue weighted by Crippen LogP contribution is 2.12. The first-order valence-electron chi connectivity index (χ1n) is 6.19. The monoisotopic (exact) mass is 236 g/mol. The van der Waals surface area contributed by atoms with E-state index in [1.165, 1.54) is 0 Å². The van der Waals surface area contributed by atoms with Gasteiger partial charge in [-0.2, -0.15) is 0 Å². The molecule has 0 amide bonds. The summed E-state index contributed by atoms with van der Waals surface area (Å²) in [5.41, 5.74) is 0. The Morgan fingerprint density at radius 1 is 1.41 bits per heavy atom. The third-order valence-corrected chi connectivity index (χ3v) is 2.88. The molecule has 0 aromatic carbocycles. The Hall–Kier alpha value is -1.20. The van der Waals surface area contributed by atoms with Crippen LogP contribution in [0.25, 0.3) is 0 Å². The van der Waals surface area contributed by atoms with E-state index in [1.807, 2.05) is 19.3 Å². The summed E-state index contributed by atoms with van der Waals surface area (Å²) >= 11 is 0. The molecule has 94 valence electrons. The fourth-order valence-electron chi connectivity index (χ4n) is 1.89. The van der Waals surface area contributed by atoms with Crippen LogP contribution in [0.3, 0.4) is 0 Å². The quantitative estimate of drug-likeness (QED) is 0.793. The molecule has 0 spiro atoms. The average Bonchev–Trinajstić information content (AvgIpc) is 2.38. The van der Waals surface area contributed by atoms with Gasteiger partial charge in [0.05, 0.1) is 0 Å². The van der Waals surface area contributed by atoms with E-state index in [9.17, 15) is 0 Å². The molecular weight excluding hydrogens is 216 g/mol. The Morgan fingerprint density at radius 2 is 2.24 bits per heavy atom. The zero-order chi connectivity index (χ0) is 11.9. The van der Waals surface area contributed by atoms with E-state index in [4.69, 9.17) is 4.74 Å². The van der Waals surface area contributed by atoms with Crippen molar-refractivity contribution in [2.45, 2.75) is 25.3 Å². The molecule has 1 aromatic rings. The molecule has 17 heavy (non-hydrogen) atoms. The number of anilines is 1. The van der Waals surface area contributed by atoms with E-state index in [0.29, 0.717) is 6.04 Å². The summed E-state index contributed by atoms with van der Waals surface area (Å²) in [5.74, 6) is 1.81. The second-order valence-corrected chi connectivity index (χ2v) is 4.24. The number of nitrogens with one attached hydrogen (secondary N) is 2. The summed E-state index contributed by atoms with van der Waals surface area (Å²) in [6.45, 7) is 2.59. The lowest BCUT2D eigenvalue weighted by molar-refractivity contribution is 0.0904. The lowest BCUT2D eigenvalue weighted by atomic mass is 10.1. The molecule has 1 fully saturated rings. The number of nitrogens with zero attached hydrogens (tertiary/aromatic N) is 2. The molecule has 2 N–H and O–H groups in total. The van der Waals surface area contributed by atoms with Crippen LogP contribution in [0.2, 0.25) is 0 Å². The summed E-state index contributed by atoms with van der Waals surface area (Å²) in [4.78, 5) is 8.76. The summed E-state index contributed by atoms with van der Waals surface area (Å²) in [6, 6.07) is 2.41. The summed E-state index contributed by atoms with van der Waals surface area (Å²) in [7, 11) is 1.93. The largest absolute Gasteiger partial charge is 0.381 e. The number of likely N-dealkylation sites (N-methyl/N-ethyl adjacent to an activating group) is 1. The fourth-order valence-corrected chi connectivity index (χ4v) is 1.89. The van der Waals surface area contributed by atoms with Crippen molar-refractivity contribution in [1.29, 1.82) is 0 Å². The van der Waals surface area contributed by atoms with E-state index < -0.39 is 0 Å². The van der Waals surface area contributed by atoms with Crippen LogP contribution < -0.4 is 10.6 Å². The van der Waals surface area contributed by atoms with Crippen LogP contribution in [0.4, 0.5) is 5.82 Å². The third kappa shape index (κ3) is 3.94. The molecule has 5 heteroatoms. The molecule has 0 unspecified atom stereocenters. The fraction of sp³-hybridized carbons (Fsp3) is 0.667. The summed E-state index contributed by atoms with van der Waals surface area (Å²) in [5, 5.41) is 6.55. The molecule has 0 saturated carbocycles. The first kappa shape index (κ1) is 12.3. The predicted octanol–water partition coefficient (Wildman–Crippen LogP) is 0.829. The standard InChI is InChI=1S/C12H20N4O/c1-13-6-2-11-14-7-3-12(16-11)15-10-4-8-17-9-5-10/h3,7,10,13H,2,4-6,8-9H2,1H3,(H,14,15,16). The average molecular weight is 236 g/mol. The van der Waals surface area contributed by atoms with Crippen LogP contribution in [0.1, 0.15) is 18.7 Å². The second kappa shape index (κ2) is 6.51. The van der Waals surface area contributed by atoms with Gasteiger partial charge in [-0.1, -0.05) is 0 Å². The molecule has 0 atom stereocenters. The van der Waals surface area contributed by atoms with Crippen molar-refractivity contribution in [1.82, 2.24) is 15.3 Å². The van der Waals surface area contributed by atoms with Crippen LogP contribution in [-0.2, 0) is 11.2 Å². The minimum absolute atomic E-state index is 0.482. The maximum Gasteiger partial charge on any atom is 0.131 e. The Bertz CT molecular complexity index is 339. The molecule has 0 radical (unpaired) electrons. The highest BCUT2D eigenvalue weighted by Gasteiger charge is 2.13. The molecule has 0 aliphatic carbocycles. The highest BCUT2D eigenvalue weighted by atomic mass is 16.5. The Morgan fingerprint density at radius 3 is 3.00 bits per heavy atom. The van der Waals surface area contributed by atoms with Gasteiger partial charge in [-0.15, -0.1) is 0 Å². The van der Waals surface area contributed by atoms with Crippen LogP contribution in [0.15, 0.2) is 12.3 Å². The molecule has 5 nitrogen and oxygen atoms in total. The third-order valence-electron chi connectivity index (χ3n) is 2.88. The minimum atomic E-state index is 0.482. The van der Waals surface area contributed by atoms with Gasteiger partial charge in [-0.05, 0) is 26.0 Å². The Balaban J connectivity index is 1.90. The van der Waals surface area contributed by atoms with E-state index in [1.54, 1.807) is 0 Å². The van der Waals surface area contributed by atoms with Gasteiger partial charge in [0.25, 0.3) is 0 Å². The molecule has 1 aliphatic rings. The van der Waals surface area contributed by atoms with E-state index in [2.05, 4.69) is 20.6 Å². The number of ether oxygens (including phenoxy) is 1. The number of hydrogen-bond donors (Lipinski definition) is 2. The van der Waals surface area contributed by atoms with E-state index in [-0.39, 0.29) is 0 Å². The minimum Gasteiger partial charge on any atom is -0.381 e. The van der Waals surface area contributed by atoms with Gasteiger partial charge in [0.15, 0.2) is 0 Å². The van der Waals surface area contributed by atoms with Gasteiger partial charge in [-0.25, -0.2) is 9.97 Å². The molecular formula is C12H20N4O. The maximum atomic E-state index is 5.33. The predicted molar refractivity (Wildman–Crippen MR) is 67.1 cm³/mol. The van der Waals surface area contributed by atoms with E-state index >= 15 is 0 Å². The van der Waals surface area contributed by atoms with Crippen molar-refractivity contribution in [2.24, 2.45) is 0 Å². The molecule has 2 rings (SSSR count). The summed E-state index contributed by atoms with van der Waals surface area (Å²) < 4.78 is 5.33. The van der Waals surface area contributed by atoms with Crippen LogP contribution in [0, 0.1) is 0 Å². The zero-order valence-electron chi connectivity index (χ0n) is 10.3. The number of hydrogen-bond acceptors (Lipinski definition) is 5. The summed E-state index contributed by atoms with van der Waals surface area (Å²) in [6.07, 6.45) is 4.78. The van der Waals surface area contributed by atoms with Crippen molar-refractivity contribution in [3.63, 3.8) is 0 Å². The van der Waals surface area contributed by atoms with Crippen molar-refractivity contribution in [2.75, 3.05) is 32.1 Å². The molecule has 2 heterocycles. The van der Waals surface area contributed by atoms with Crippen molar-refractivity contribution >= 4 is 5.82 Å². The Kier molecular flexibility index (Phi) is 4.70. The van der Waals surface area contributed by atoms with Crippen LogP contribution in [0.5, 0.6) is 0 Å². The smallest absolute Gasteiger partial charge is 0.131 e. The molecule has 1 saturated heterocycles. The van der Waals surface area contributed by atoms with E-state index in [0.717, 1.165) is 50.7 Å². The second-order valence-electron chi connectivity index (χ2n) is 4.24. The van der Waals surface area contributed by atoms with Gasteiger partial charge in [0.2, 0.25) is 0 Å². The van der Waals surface area contributed by atoms with Crippen LogP contribution >= 0.6 is 0 Å². The Labute approximate surface area is 102 Å². The van der Waals surface area contributed by atoms with Crippen molar-refractivity contribution in [3.8, 4) is 0 Å². The molecule has 0 bridgehead atoms. The number of aromatic nitrogens is 2. The number of rotatable bonds is 5. The normalized spacial score (nSPS) is 17.0. The first-order valence-corrected chi connectivity index (χ1v) is 6.19. The van der Waals surface area contributed by atoms with Crippen LogP contribution in [-0.4, -0.2) is 42.8 Å². The topological polar surface area (TPSA) is 59.1 Å². The lowest BCUT2D eigenvalue weighted by Crippen LogP contribution is -2.28. The van der Waals surface area contributed by atoms with Gasteiger partial charge in [-0.3, -0.25) is 0 Å². The molecule has 1 aromatic heterocycles. The molecule has 1 aliphatic heterocycles. The lowest BCUT2D eigenvalue weighted by Gasteiger charge is -2.23. The van der Waals surface area contributed by atoms with Crippen molar-refractivity contribution in [3.05, 3.63) is 18.1 Å². The highest BCUT2D eigenvalue weighted by molar-refractivity contribution is 5.34. The van der Waals surface area contributed by atoms with Crippen molar-refractivity contribution < 1.29 is 4.74 Å². The first-order chi connectivity index (χ1) is 8.38. The SMILES string of the molecule is CNCCc1nccc(NC2CCOCC2)n1.